The van der Waals surface area contributed by atoms with E-state index in [1.165, 1.54) is 19.2 Å². The van der Waals surface area contributed by atoms with Crippen molar-refractivity contribution in [3.05, 3.63) is 29.3 Å². The molecule has 0 atom stereocenters. The monoisotopic (exact) mass is 328 g/mol. The number of anilines is 1. The van der Waals surface area contributed by atoms with Crippen molar-refractivity contribution in [2.24, 2.45) is 0 Å². The highest BCUT2D eigenvalue weighted by atomic mass is 32.2. The molecule has 0 radical (unpaired) electrons. The fraction of sp³-hybridized carbons (Fsp3) is 0.417. The Bertz CT molecular complexity index is 764. The number of hydrogen-bond acceptors (Lipinski definition) is 7. The van der Waals surface area contributed by atoms with Crippen LogP contribution < -0.4 is 5.32 Å². The topological polar surface area (TPSA) is 119 Å². The van der Waals surface area contributed by atoms with Gasteiger partial charge in [-0.25, -0.2) is 8.42 Å². The quantitative estimate of drug-likeness (QED) is 0.828. The first-order chi connectivity index (χ1) is 10.3. The van der Waals surface area contributed by atoms with Crippen LogP contribution >= 0.6 is 0 Å². The highest BCUT2D eigenvalue weighted by Gasteiger charge is 2.23. The van der Waals surface area contributed by atoms with Crippen LogP contribution in [0.1, 0.15) is 17.2 Å². The van der Waals surface area contributed by atoms with Gasteiger partial charge in [0.15, 0.2) is 11.6 Å². The zero-order chi connectivity index (χ0) is 16.3. The SMILES string of the molecule is Cc1cc(CS(=O)(=O)N(C)CC(=O)Nc2cc(C)on2)on1. The first kappa shape index (κ1) is 16.2. The van der Waals surface area contributed by atoms with Gasteiger partial charge in [-0.3, -0.25) is 4.79 Å². The number of rotatable bonds is 6. The number of carbonyl (C=O) groups is 1. The van der Waals surface area contributed by atoms with Gasteiger partial charge in [-0.05, 0) is 13.8 Å². The van der Waals surface area contributed by atoms with Gasteiger partial charge in [0, 0.05) is 19.2 Å². The molecule has 0 saturated carbocycles. The van der Waals surface area contributed by atoms with Crippen LogP contribution in [0.5, 0.6) is 0 Å². The van der Waals surface area contributed by atoms with Crippen LogP contribution in [0.4, 0.5) is 5.82 Å². The molecular weight excluding hydrogens is 312 g/mol. The fourth-order valence-electron chi connectivity index (χ4n) is 1.68. The van der Waals surface area contributed by atoms with Gasteiger partial charge in [0.25, 0.3) is 0 Å². The van der Waals surface area contributed by atoms with Crippen molar-refractivity contribution in [1.82, 2.24) is 14.6 Å². The number of hydrogen-bond donors (Lipinski definition) is 1. The minimum Gasteiger partial charge on any atom is -0.360 e. The molecule has 9 nitrogen and oxygen atoms in total. The summed E-state index contributed by atoms with van der Waals surface area (Å²) in [5.74, 6) is 0.113. The summed E-state index contributed by atoms with van der Waals surface area (Å²) in [5.41, 5.74) is 0.590. The zero-order valence-electron chi connectivity index (χ0n) is 12.4. The summed E-state index contributed by atoms with van der Waals surface area (Å²) in [4.78, 5) is 11.8. The molecule has 1 N–H and O–H groups in total. The standard InChI is InChI=1S/C12H16N4O5S/c1-8-4-10(21-14-8)7-22(18,19)16(3)6-12(17)13-11-5-9(2)20-15-11/h4-5H,6-7H2,1-3H3,(H,13,15,17). The van der Waals surface area contributed by atoms with Crippen molar-refractivity contribution in [2.45, 2.75) is 19.6 Å². The van der Waals surface area contributed by atoms with Crippen molar-refractivity contribution in [2.75, 3.05) is 18.9 Å². The average Bonchev–Trinajstić information content (AvgIpc) is 2.97. The number of nitrogens with zero attached hydrogens (tertiary/aromatic N) is 3. The van der Waals surface area contributed by atoms with Gasteiger partial charge < -0.3 is 14.4 Å². The second-order valence-corrected chi connectivity index (χ2v) is 6.89. The Balaban J connectivity index is 1.95. The van der Waals surface area contributed by atoms with E-state index in [9.17, 15) is 13.2 Å². The molecule has 120 valence electrons. The van der Waals surface area contributed by atoms with Crippen molar-refractivity contribution >= 4 is 21.7 Å². The van der Waals surface area contributed by atoms with Gasteiger partial charge in [0.1, 0.15) is 11.5 Å². The van der Waals surface area contributed by atoms with E-state index in [2.05, 4.69) is 15.6 Å². The molecule has 0 bridgehead atoms. The second-order valence-electron chi connectivity index (χ2n) is 4.82. The fourth-order valence-corrected chi connectivity index (χ4v) is 2.71. The van der Waals surface area contributed by atoms with E-state index in [1.807, 2.05) is 0 Å². The van der Waals surface area contributed by atoms with E-state index >= 15 is 0 Å². The molecule has 22 heavy (non-hydrogen) atoms. The third-order valence-corrected chi connectivity index (χ3v) is 4.47. The van der Waals surface area contributed by atoms with E-state index in [0.29, 0.717) is 11.5 Å². The second kappa shape index (κ2) is 6.28. The van der Waals surface area contributed by atoms with E-state index in [-0.39, 0.29) is 23.9 Å². The van der Waals surface area contributed by atoms with Crippen molar-refractivity contribution in [1.29, 1.82) is 0 Å². The molecule has 0 aromatic carbocycles. The van der Waals surface area contributed by atoms with Crippen LogP contribution in [0.25, 0.3) is 0 Å². The molecule has 2 rings (SSSR count). The van der Waals surface area contributed by atoms with Crippen LogP contribution in [0.15, 0.2) is 21.2 Å². The maximum absolute atomic E-state index is 12.1. The van der Waals surface area contributed by atoms with Crippen LogP contribution in [-0.2, 0) is 20.6 Å². The summed E-state index contributed by atoms with van der Waals surface area (Å²) in [7, 11) is -2.38. The Hall–Kier alpha value is -2.20. The average molecular weight is 328 g/mol. The molecule has 0 spiro atoms. The lowest BCUT2D eigenvalue weighted by molar-refractivity contribution is -0.116. The van der Waals surface area contributed by atoms with Gasteiger partial charge in [0.2, 0.25) is 15.9 Å². The van der Waals surface area contributed by atoms with E-state index < -0.39 is 15.9 Å². The zero-order valence-corrected chi connectivity index (χ0v) is 13.2. The smallest absolute Gasteiger partial charge is 0.240 e. The van der Waals surface area contributed by atoms with E-state index in [4.69, 9.17) is 9.05 Å². The largest absolute Gasteiger partial charge is 0.360 e. The summed E-state index contributed by atoms with van der Waals surface area (Å²) >= 11 is 0. The lowest BCUT2D eigenvalue weighted by Crippen LogP contribution is -2.35. The molecule has 0 aliphatic carbocycles. The van der Waals surface area contributed by atoms with E-state index in [0.717, 1.165) is 4.31 Å². The Morgan fingerprint density at radius 1 is 1.27 bits per heavy atom. The number of likely N-dealkylation sites (N-methyl/N-ethyl adjacent to an activating group) is 1. The summed E-state index contributed by atoms with van der Waals surface area (Å²) in [6.07, 6.45) is 0. The number of amides is 1. The normalized spacial score (nSPS) is 11.8. The Kier molecular flexibility index (Phi) is 4.62. The van der Waals surface area contributed by atoms with Crippen LogP contribution in [0.2, 0.25) is 0 Å². The third kappa shape index (κ3) is 4.15. The molecular formula is C12H16N4O5S. The molecule has 2 aromatic heterocycles. The maximum Gasteiger partial charge on any atom is 0.240 e. The van der Waals surface area contributed by atoms with Gasteiger partial charge in [-0.1, -0.05) is 10.3 Å². The molecule has 1 amide bonds. The molecule has 0 aliphatic rings. The number of carbonyl (C=O) groups excluding carboxylic acids is 1. The Morgan fingerprint density at radius 2 is 2.00 bits per heavy atom. The predicted molar refractivity (Wildman–Crippen MR) is 76.4 cm³/mol. The molecule has 0 aliphatic heterocycles. The number of nitrogens with one attached hydrogen (secondary N) is 1. The number of sulfonamides is 1. The summed E-state index contributed by atoms with van der Waals surface area (Å²) < 4.78 is 34.9. The van der Waals surface area contributed by atoms with Crippen molar-refractivity contribution in [3.63, 3.8) is 0 Å². The molecule has 0 unspecified atom stereocenters. The highest BCUT2D eigenvalue weighted by molar-refractivity contribution is 7.88. The summed E-state index contributed by atoms with van der Waals surface area (Å²) in [6, 6.07) is 3.06. The van der Waals surface area contributed by atoms with Crippen LogP contribution in [-0.4, -0.2) is 42.5 Å². The van der Waals surface area contributed by atoms with Crippen LogP contribution in [0, 0.1) is 13.8 Å². The van der Waals surface area contributed by atoms with Gasteiger partial charge >= 0.3 is 0 Å². The van der Waals surface area contributed by atoms with Crippen LogP contribution in [0.3, 0.4) is 0 Å². The summed E-state index contributed by atoms with van der Waals surface area (Å²) in [6.45, 7) is 3.02. The first-order valence-electron chi connectivity index (χ1n) is 6.35. The Labute approximate surface area is 127 Å². The number of aromatic nitrogens is 2. The first-order valence-corrected chi connectivity index (χ1v) is 7.96. The van der Waals surface area contributed by atoms with E-state index in [1.54, 1.807) is 13.8 Å². The predicted octanol–water partition coefficient (Wildman–Crippen LogP) is 0.680. The number of aryl methyl sites for hydroxylation is 2. The lowest BCUT2D eigenvalue weighted by atomic mass is 10.4. The molecule has 0 saturated heterocycles. The molecule has 2 aromatic rings. The maximum atomic E-state index is 12.1. The molecule has 2 heterocycles. The molecule has 10 heteroatoms. The molecule has 0 fully saturated rings. The van der Waals surface area contributed by atoms with Gasteiger partial charge in [-0.2, -0.15) is 4.31 Å². The summed E-state index contributed by atoms with van der Waals surface area (Å²) in [5, 5.41) is 9.67. The Morgan fingerprint density at radius 3 is 2.55 bits per heavy atom. The van der Waals surface area contributed by atoms with Gasteiger partial charge in [-0.15, -0.1) is 0 Å². The van der Waals surface area contributed by atoms with Gasteiger partial charge in [0.05, 0.1) is 12.2 Å². The lowest BCUT2D eigenvalue weighted by Gasteiger charge is -2.15. The van der Waals surface area contributed by atoms with Crippen molar-refractivity contribution < 1.29 is 22.3 Å². The van der Waals surface area contributed by atoms with Crippen molar-refractivity contribution in [3.8, 4) is 0 Å². The highest BCUT2D eigenvalue weighted by Crippen LogP contribution is 2.11. The minimum absolute atomic E-state index is 0.219. The third-order valence-electron chi connectivity index (χ3n) is 2.74. The minimum atomic E-state index is -3.69.